The third kappa shape index (κ3) is 2.97. The Morgan fingerprint density at radius 2 is 2.28 bits per heavy atom. The molecule has 0 spiro atoms. The molecular weight excluding hydrogens is 271 g/mol. The summed E-state index contributed by atoms with van der Waals surface area (Å²) in [5.74, 6) is 0.0760. The minimum Gasteiger partial charge on any atom is -0.334 e. The van der Waals surface area contributed by atoms with E-state index in [1.165, 1.54) is 0 Å². The van der Waals surface area contributed by atoms with Crippen molar-refractivity contribution in [2.75, 3.05) is 13.1 Å². The highest BCUT2D eigenvalue weighted by molar-refractivity contribution is 6.30. The molecule has 1 aliphatic rings. The Labute approximate surface area is 119 Å². The van der Waals surface area contributed by atoms with Gasteiger partial charge in [0.15, 0.2) is 0 Å². The fraction of sp³-hybridized carbons (Fsp3) is 0.462. The van der Waals surface area contributed by atoms with E-state index in [1.54, 1.807) is 12.1 Å². The molecule has 1 heterocycles. The minimum absolute atomic E-state index is 0. The molecule has 0 bridgehead atoms. The molecule has 1 unspecified atom stereocenters. The molecule has 0 radical (unpaired) electrons. The van der Waals surface area contributed by atoms with Gasteiger partial charge in [-0.25, -0.2) is 0 Å². The van der Waals surface area contributed by atoms with E-state index in [0.717, 1.165) is 30.5 Å². The molecule has 2 N–H and O–H groups in total. The molecule has 18 heavy (non-hydrogen) atoms. The predicted molar refractivity (Wildman–Crippen MR) is 76.5 cm³/mol. The first-order valence-corrected chi connectivity index (χ1v) is 6.28. The van der Waals surface area contributed by atoms with Crippen LogP contribution in [-0.2, 0) is 0 Å². The van der Waals surface area contributed by atoms with Crippen LogP contribution in [0.4, 0.5) is 0 Å². The van der Waals surface area contributed by atoms with Crippen LogP contribution in [0, 0.1) is 6.92 Å². The number of hydrogen-bond acceptors (Lipinski definition) is 2. The highest BCUT2D eigenvalue weighted by Crippen LogP contribution is 2.22. The van der Waals surface area contributed by atoms with Gasteiger partial charge in [-0.3, -0.25) is 4.79 Å². The lowest BCUT2D eigenvalue weighted by Crippen LogP contribution is -2.40. The lowest BCUT2D eigenvalue weighted by Gasteiger charge is -2.24. The quantitative estimate of drug-likeness (QED) is 0.909. The van der Waals surface area contributed by atoms with Crippen LogP contribution in [0.2, 0.25) is 5.02 Å². The third-order valence-corrected chi connectivity index (χ3v) is 3.56. The summed E-state index contributed by atoms with van der Waals surface area (Å²) in [6.07, 6.45) is 2.05. The second-order valence-corrected chi connectivity index (χ2v) is 4.93. The Bertz CT molecular complexity index is 437. The molecule has 0 aliphatic carbocycles. The summed E-state index contributed by atoms with van der Waals surface area (Å²) in [7, 11) is 0. The van der Waals surface area contributed by atoms with Gasteiger partial charge < -0.3 is 10.6 Å². The standard InChI is InChI=1S/C13H17ClN2O.ClH/c1-9-7-10(14)4-5-12(9)13(17)16-6-2-3-11(16)8-15;/h4-5,7,11H,2-3,6,8,15H2,1H3;1H. The Balaban J connectivity index is 0.00000162. The number of likely N-dealkylation sites (tertiary alicyclic amines) is 1. The van der Waals surface area contributed by atoms with Crippen LogP contribution in [0.25, 0.3) is 0 Å². The molecule has 0 aromatic heterocycles. The number of amides is 1. The molecule has 1 amide bonds. The van der Waals surface area contributed by atoms with Gasteiger partial charge in [0.05, 0.1) is 0 Å². The SMILES string of the molecule is Cc1cc(Cl)ccc1C(=O)N1CCCC1CN.Cl. The second kappa shape index (κ2) is 6.41. The maximum atomic E-state index is 12.4. The Morgan fingerprint density at radius 1 is 1.56 bits per heavy atom. The van der Waals surface area contributed by atoms with Crippen molar-refractivity contribution in [3.8, 4) is 0 Å². The van der Waals surface area contributed by atoms with E-state index in [0.29, 0.717) is 11.6 Å². The monoisotopic (exact) mass is 288 g/mol. The zero-order chi connectivity index (χ0) is 12.4. The van der Waals surface area contributed by atoms with Crippen LogP contribution < -0.4 is 5.73 Å². The molecule has 2 rings (SSSR count). The first-order chi connectivity index (χ1) is 8.13. The lowest BCUT2D eigenvalue weighted by atomic mass is 10.1. The van der Waals surface area contributed by atoms with E-state index in [-0.39, 0.29) is 24.4 Å². The fourth-order valence-corrected chi connectivity index (χ4v) is 2.60. The van der Waals surface area contributed by atoms with Crippen LogP contribution in [0.3, 0.4) is 0 Å². The highest BCUT2D eigenvalue weighted by Gasteiger charge is 2.28. The number of halogens is 2. The van der Waals surface area contributed by atoms with Gasteiger partial charge in [-0.15, -0.1) is 12.4 Å². The molecule has 1 aromatic rings. The average molecular weight is 289 g/mol. The van der Waals surface area contributed by atoms with Crippen LogP contribution in [0.1, 0.15) is 28.8 Å². The highest BCUT2D eigenvalue weighted by atomic mass is 35.5. The Morgan fingerprint density at radius 3 is 2.89 bits per heavy atom. The van der Waals surface area contributed by atoms with Crippen LogP contribution in [0.15, 0.2) is 18.2 Å². The van der Waals surface area contributed by atoms with E-state index < -0.39 is 0 Å². The topological polar surface area (TPSA) is 46.3 Å². The molecule has 100 valence electrons. The van der Waals surface area contributed by atoms with Crippen molar-refractivity contribution in [3.63, 3.8) is 0 Å². The number of benzene rings is 1. The first-order valence-electron chi connectivity index (χ1n) is 5.90. The maximum Gasteiger partial charge on any atom is 0.254 e. The van der Waals surface area contributed by atoms with E-state index in [9.17, 15) is 4.79 Å². The van der Waals surface area contributed by atoms with Gasteiger partial charge >= 0.3 is 0 Å². The first kappa shape index (κ1) is 15.3. The van der Waals surface area contributed by atoms with Gasteiger partial charge in [-0.05, 0) is 43.5 Å². The normalized spacial score (nSPS) is 18.6. The third-order valence-electron chi connectivity index (χ3n) is 3.33. The number of nitrogens with zero attached hydrogens (tertiary/aromatic N) is 1. The van der Waals surface area contributed by atoms with Crippen LogP contribution >= 0.6 is 24.0 Å². The molecule has 1 saturated heterocycles. The van der Waals surface area contributed by atoms with Crippen molar-refractivity contribution >= 4 is 29.9 Å². The van der Waals surface area contributed by atoms with Crippen molar-refractivity contribution in [1.82, 2.24) is 4.90 Å². The molecular formula is C13H18Cl2N2O. The summed E-state index contributed by atoms with van der Waals surface area (Å²) in [6.45, 7) is 3.26. The van der Waals surface area contributed by atoms with E-state index in [1.807, 2.05) is 17.9 Å². The summed E-state index contributed by atoms with van der Waals surface area (Å²) in [6, 6.07) is 5.57. The Hall–Kier alpha value is -0.770. The zero-order valence-corrected chi connectivity index (χ0v) is 11.9. The largest absolute Gasteiger partial charge is 0.334 e. The number of carbonyl (C=O) groups excluding carboxylic acids is 1. The van der Waals surface area contributed by atoms with Gasteiger partial charge in [0.2, 0.25) is 0 Å². The summed E-state index contributed by atoms with van der Waals surface area (Å²) in [4.78, 5) is 14.3. The minimum atomic E-state index is 0. The van der Waals surface area contributed by atoms with Crippen molar-refractivity contribution in [3.05, 3.63) is 34.3 Å². The summed E-state index contributed by atoms with van der Waals surface area (Å²) >= 11 is 5.89. The molecule has 0 saturated carbocycles. The molecule has 1 fully saturated rings. The predicted octanol–water partition coefficient (Wildman–Crippen LogP) is 2.63. The van der Waals surface area contributed by atoms with Crippen LogP contribution in [-0.4, -0.2) is 29.9 Å². The van der Waals surface area contributed by atoms with Gasteiger partial charge in [-0.2, -0.15) is 0 Å². The van der Waals surface area contributed by atoms with E-state index >= 15 is 0 Å². The zero-order valence-electron chi connectivity index (χ0n) is 10.4. The van der Waals surface area contributed by atoms with Gasteiger partial charge in [0.1, 0.15) is 0 Å². The number of carbonyl (C=O) groups is 1. The van der Waals surface area contributed by atoms with Crippen molar-refractivity contribution in [2.24, 2.45) is 5.73 Å². The number of rotatable bonds is 2. The number of nitrogens with two attached hydrogens (primary N) is 1. The fourth-order valence-electron chi connectivity index (χ4n) is 2.37. The van der Waals surface area contributed by atoms with E-state index in [2.05, 4.69) is 0 Å². The average Bonchev–Trinajstić information content (AvgIpc) is 2.76. The van der Waals surface area contributed by atoms with Gasteiger partial charge in [0, 0.05) is 29.7 Å². The number of hydrogen-bond donors (Lipinski definition) is 1. The molecule has 3 nitrogen and oxygen atoms in total. The summed E-state index contributed by atoms with van der Waals surface area (Å²) in [5, 5.41) is 0.663. The van der Waals surface area contributed by atoms with E-state index in [4.69, 9.17) is 17.3 Å². The van der Waals surface area contributed by atoms with Crippen molar-refractivity contribution in [1.29, 1.82) is 0 Å². The lowest BCUT2D eigenvalue weighted by molar-refractivity contribution is 0.0740. The van der Waals surface area contributed by atoms with Crippen molar-refractivity contribution < 1.29 is 4.79 Å². The van der Waals surface area contributed by atoms with Crippen molar-refractivity contribution in [2.45, 2.75) is 25.8 Å². The molecule has 5 heteroatoms. The van der Waals surface area contributed by atoms with Gasteiger partial charge in [-0.1, -0.05) is 11.6 Å². The molecule has 1 aliphatic heterocycles. The maximum absolute atomic E-state index is 12.4. The number of aryl methyl sites for hydroxylation is 1. The molecule has 1 atom stereocenters. The smallest absolute Gasteiger partial charge is 0.254 e. The van der Waals surface area contributed by atoms with Crippen LogP contribution in [0.5, 0.6) is 0 Å². The molecule has 1 aromatic carbocycles. The Kier molecular flexibility index (Phi) is 5.45. The second-order valence-electron chi connectivity index (χ2n) is 4.49. The van der Waals surface area contributed by atoms with Gasteiger partial charge in [0.25, 0.3) is 5.91 Å². The summed E-state index contributed by atoms with van der Waals surface area (Å²) in [5.41, 5.74) is 7.34. The summed E-state index contributed by atoms with van der Waals surface area (Å²) < 4.78 is 0.